The van der Waals surface area contributed by atoms with Gasteiger partial charge in [0.1, 0.15) is 6.54 Å². The zero-order valence-corrected chi connectivity index (χ0v) is 12.5. The van der Waals surface area contributed by atoms with Crippen LogP contribution in [0.3, 0.4) is 0 Å². The number of aromatic nitrogens is 2. The minimum Gasteiger partial charge on any atom is -0.338 e. The van der Waals surface area contributed by atoms with Gasteiger partial charge in [-0.15, -0.1) is 0 Å². The van der Waals surface area contributed by atoms with Gasteiger partial charge in [0.05, 0.1) is 10.8 Å². The molecule has 1 amide bonds. The number of aromatic amines is 1. The highest BCUT2D eigenvalue weighted by Crippen LogP contribution is 2.16. The van der Waals surface area contributed by atoms with Gasteiger partial charge < -0.3 is 4.90 Å². The first-order chi connectivity index (χ1) is 10.6. The van der Waals surface area contributed by atoms with Gasteiger partial charge in [0, 0.05) is 12.6 Å². The van der Waals surface area contributed by atoms with Crippen molar-refractivity contribution < 1.29 is 4.79 Å². The number of hydrogen-bond donors (Lipinski definition) is 1. The molecule has 1 atom stereocenters. The fourth-order valence-corrected chi connectivity index (χ4v) is 3.05. The molecular weight excluding hydrogens is 282 g/mol. The lowest BCUT2D eigenvalue weighted by Gasteiger charge is -2.33. The molecule has 1 aliphatic heterocycles. The third-order valence-electron chi connectivity index (χ3n) is 4.30. The quantitative estimate of drug-likeness (QED) is 0.902. The summed E-state index contributed by atoms with van der Waals surface area (Å²) >= 11 is 0. The number of amides is 1. The fraction of sp³-hybridized carbons (Fsp3) is 0.438. The lowest BCUT2D eigenvalue weighted by molar-refractivity contribution is -0.135. The molecule has 1 aromatic heterocycles. The molecule has 2 heterocycles. The summed E-state index contributed by atoms with van der Waals surface area (Å²) in [6.07, 6.45) is 3.09. The van der Waals surface area contributed by atoms with E-state index in [9.17, 15) is 14.4 Å². The molecule has 0 bridgehead atoms. The highest BCUT2D eigenvalue weighted by molar-refractivity contribution is 5.81. The molecule has 3 rings (SSSR count). The van der Waals surface area contributed by atoms with Crippen LogP contribution in [-0.4, -0.2) is 33.2 Å². The van der Waals surface area contributed by atoms with Crippen molar-refractivity contribution in [3.05, 3.63) is 45.0 Å². The van der Waals surface area contributed by atoms with Crippen LogP contribution in [0.25, 0.3) is 10.8 Å². The Kier molecular flexibility index (Phi) is 3.83. The average molecular weight is 301 g/mol. The molecule has 2 aromatic rings. The third-order valence-corrected chi connectivity index (χ3v) is 4.30. The van der Waals surface area contributed by atoms with E-state index in [4.69, 9.17) is 0 Å². The van der Waals surface area contributed by atoms with Crippen LogP contribution in [-0.2, 0) is 11.3 Å². The van der Waals surface area contributed by atoms with Gasteiger partial charge in [-0.3, -0.25) is 19.5 Å². The first kappa shape index (κ1) is 14.6. The van der Waals surface area contributed by atoms with Gasteiger partial charge in [0.2, 0.25) is 5.91 Å². The Morgan fingerprint density at radius 3 is 2.68 bits per heavy atom. The Morgan fingerprint density at radius 2 is 1.95 bits per heavy atom. The predicted octanol–water partition coefficient (Wildman–Crippen LogP) is 1.09. The molecule has 6 nitrogen and oxygen atoms in total. The van der Waals surface area contributed by atoms with Crippen LogP contribution in [0, 0.1) is 0 Å². The van der Waals surface area contributed by atoms with Crippen LogP contribution >= 0.6 is 0 Å². The second-order valence-electron chi connectivity index (χ2n) is 5.81. The number of likely N-dealkylation sites (tertiary alicyclic amines) is 1. The van der Waals surface area contributed by atoms with Crippen LogP contribution in [0.5, 0.6) is 0 Å². The topological polar surface area (TPSA) is 75.2 Å². The second kappa shape index (κ2) is 5.79. The van der Waals surface area contributed by atoms with Gasteiger partial charge in [-0.05, 0) is 38.3 Å². The summed E-state index contributed by atoms with van der Waals surface area (Å²) in [4.78, 5) is 38.7. The largest absolute Gasteiger partial charge is 0.338 e. The molecule has 0 aliphatic carbocycles. The van der Waals surface area contributed by atoms with Gasteiger partial charge in [-0.2, -0.15) is 0 Å². The molecule has 0 spiro atoms. The molecule has 1 fully saturated rings. The molecule has 22 heavy (non-hydrogen) atoms. The van der Waals surface area contributed by atoms with Crippen molar-refractivity contribution >= 4 is 16.7 Å². The normalized spacial score (nSPS) is 18.6. The minimum atomic E-state index is -0.352. The zero-order valence-electron chi connectivity index (χ0n) is 12.5. The third kappa shape index (κ3) is 2.56. The SMILES string of the molecule is CC1CCCCN1C(=O)Cn1[nH]c(=O)c2ccccc2c1=O. The van der Waals surface area contributed by atoms with Crippen LogP contribution in [0.15, 0.2) is 33.9 Å². The van der Waals surface area contributed by atoms with Crippen molar-refractivity contribution in [1.82, 2.24) is 14.7 Å². The highest BCUT2D eigenvalue weighted by atomic mass is 16.2. The lowest BCUT2D eigenvalue weighted by Crippen LogP contribution is -2.45. The van der Waals surface area contributed by atoms with Crippen molar-refractivity contribution in [2.75, 3.05) is 6.54 Å². The van der Waals surface area contributed by atoms with Crippen LogP contribution in [0.4, 0.5) is 0 Å². The summed E-state index contributed by atoms with van der Waals surface area (Å²) in [6, 6.07) is 6.82. The van der Waals surface area contributed by atoms with Crippen LogP contribution < -0.4 is 11.1 Å². The van der Waals surface area contributed by atoms with Crippen molar-refractivity contribution in [1.29, 1.82) is 0 Å². The molecule has 1 saturated heterocycles. The standard InChI is InChI=1S/C16H19N3O3/c1-11-6-4-5-9-18(11)14(20)10-19-16(22)13-8-3-2-7-12(13)15(21)17-19/h2-3,7-8,11H,4-6,9-10H2,1H3,(H,17,21). The summed E-state index contributed by atoms with van der Waals surface area (Å²) in [5, 5.41) is 3.19. The Bertz CT molecular complexity index is 821. The number of hydrogen-bond acceptors (Lipinski definition) is 3. The predicted molar refractivity (Wildman–Crippen MR) is 83.9 cm³/mol. The Labute approximate surface area is 127 Å². The Morgan fingerprint density at radius 1 is 1.23 bits per heavy atom. The maximum absolute atomic E-state index is 12.4. The highest BCUT2D eigenvalue weighted by Gasteiger charge is 2.23. The monoisotopic (exact) mass is 301 g/mol. The summed E-state index contributed by atoms with van der Waals surface area (Å²) < 4.78 is 1.12. The van der Waals surface area contributed by atoms with E-state index in [1.807, 2.05) is 6.92 Å². The first-order valence-electron chi connectivity index (χ1n) is 7.59. The Balaban J connectivity index is 1.94. The number of fused-ring (bicyclic) bond motifs is 1. The van der Waals surface area contributed by atoms with Gasteiger partial charge in [0.15, 0.2) is 0 Å². The van der Waals surface area contributed by atoms with Crippen molar-refractivity contribution in [2.24, 2.45) is 0 Å². The molecule has 6 heteroatoms. The lowest BCUT2D eigenvalue weighted by atomic mass is 10.0. The smallest absolute Gasteiger partial charge is 0.273 e. The van der Waals surface area contributed by atoms with Crippen LogP contribution in [0.2, 0.25) is 0 Å². The molecule has 0 saturated carbocycles. The van der Waals surface area contributed by atoms with Crippen LogP contribution in [0.1, 0.15) is 26.2 Å². The van der Waals surface area contributed by atoms with E-state index in [1.54, 1.807) is 29.2 Å². The molecular formula is C16H19N3O3. The van der Waals surface area contributed by atoms with Gasteiger partial charge >= 0.3 is 0 Å². The van der Waals surface area contributed by atoms with E-state index in [-0.39, 0.29) is 29.6 Å². The van der Waals surface area contributed by atoms with E-state index < -0.39 is 0 Å². The van der Waals surface area contributed by atoms with E-state index in [2.05, 4.69) is 5.10 Å². The number of rotatable bonds is 2. The summed E-state index contributed by atoms with van der Waals surface area (Å²) in [7, 11) is 0. The maximum atomic E-state index is 12.4. The molecule has 1 unspecified atom stereocenters. The number of carbonyl (C=O) groups is 1. The second-order valence-corrected chi connectivity index (χ2v) is 5.81. The molecule has 1 aromatic carbocycles. The number of nitrogens with zero attached hydrogens (tertiary/aromatic N) is 2. The zero-order chi connectivity index (χ0) is 15.7. The van der Waals surface area contributed by atoms with Crippen molar-refractivity contribution in [3.63, 3.8) is 0 Å². The molecule has 1 N–H and O–H groups in total. The number of H-pyrrole nitrogens is 1. The van der Waals surface area contributed by atoms with Crippen molar-refractivity contribution in [2.45, 2.75) is 38.8 Å². The van der Waals surface area contributed by atoms with Crippen molar-refractivity contribution in [3.8, 4) is 0 Å². The van der Waals surface area contributed by atoms with Gasteiger partial charge in [0.25, 0.3) is 11.1 Å². The molecule has 116 valence electrons. The van der Waals surface area contributed by atoms with E-state index in [0.29, 0.717) is 17.3 Å². The molecule has 1 aliphatic rings. The number of carbonyl (C=O) groups excluding carboxylic acids is 1. The fourth-order valence-electron chi connectivity index (χ4n) is 3.05. The maximum Gasteiger partial charge on any atom is 0.273 e. The minimum absolute atomic E-state index is 0.122. The van der Waals surface area contributed by atoms with E-state index in [1.165, 1.54) is 0 Å². The average Bonchev–Trinajstić information content (AvgIpc) is 2.52. The molecule has 0 radical (unpaired) electrons. The number of benzene rings is 1. The number of nitrogens with one attached hydrogen (secondary N) is 1. The Hall–Kier alpha value is -2.37. The van der Waals surface area contributed by atoms with Gasteiger partial charge in [-0.25, -0.2) is 4.68 Å². The van der Waals surface area contributed by atoms with E-state index >= 15 is 0 Å². The summed E-state index contributed by atoms with van der Waals surface area (Å²) in [5.41, 5.74) is -0.692. The van der Waals surface area contributed by atoms with Gasteiger partial charge in [-0.1, -0.05) is 12.1 Å². The van der Waals surface area contributed by atoms with E-state index in [0.717, 1.165) is 23.9 Å². The summed E-state index contributed by atoms with van der Waals surface area (Å²) in [5.74, 6) is -0.125. The number of piperidine rings is 1. The summed E-state index contributed by atoms with van der Waals surface area (Å²) in [6.45, 7) is 2.61. The first-order valence-corrected chi connectivity index (χ1v) is 7.59.